The van der Waals surface area contributed by atoms with E-state index in [0.717, 1.165) is 4.31 Å². The summed E-state index contributed by atoms with van der Waals surface area (Å²) in [4.78, 5) is 15.5. The fourth-order valence-electron chi connectivity index (χ4n) is 4.47. The number of hydrogen-bond donors (Lipinski definition) is 1. The van der Waals surface area contributed by atoms with Gasteiger partial charge in [0.2, 0.25) is 26.0 Å². The van der Waals surface area contributed by atoms with Crippen LogP contribution in [0.3, 0.4) is 0 Å². The van der Waals surface area contributed by atoms with Crippen LogP contribution in [0.2, 0.25) is 5.02 Å². The normalized spacial score (nSPS) is 17.0. The first-order valence-corrected chi connectivity index (χ1v) is 15.2. The molecule has 0 bridgehead atoms. The fraction of sp³-hybridized carbons (Fsp3) is 0.154. The summed E-state index contributed by atoms with van der Waals surface area (Å²) >= 11 is 5.80. The van der Waals surface area contributed by atoms with E-state index in [2.05, 4.69) is 4.98 Å². The monoisotopic (exact) mass is 622 g/mol. The van der Waals surface area contributed by atoms with Crippen molar-refractivity contribution in [3.05, 3.63) is 89.7 Å². The lowest BCUT2D eigenvalue weighted by molar-refractivity contribution is -0.122. The van der Waals surface area contributed by atoms with Crippen LogP contribution in [-0.2, 0) is 24.8 Å². The van der Waals surface area contributed by atoms with Crippen molar-refractivity contribution in [2.75, 3.05) is 19.6 Å². The van der Waals surface area contributed by atoms with Crippen LogP contribution in [0.1, 0.15) is 0 Å². The molecule has 1 saturated heterocycles. The Labute approximate surface area is 239 Å². The molecule has 1 aliphatic rings. The van der Waals surface area contributed by atoms with E-state index in [1.165, 1.54) is 54.9 Å². The molecule has 2 heterocycles. The van der Waals surface area contributed by atoms with Gasteiger partial charge in [-0.05, 0) is 48.5 Å². The number of nitrogens with two attached hydrogens (primary N) is 1. The van der Waals surface area contributed by atoms with E-state index < -0.39 is 67.4 Å². The highest BCUT2D eigenvalue weighted by molar-refractivity contribution is 7.89. The number of rotatable bonds is 7. The quantitative estimate of drug-likeness (QED) is 0.333. The van der Waals surface area contributed by atoms with E-state index in [1.54, 1.807) is 6.07 Å². The van der Waals surface area contributed by atoms with Crippen LogP contribution in [0.15, 0.2) is 82.8 Å². The maximum absolute atomic E-state index is 14.9. The van der Waals surface area contributed by atoms with Crippen LogP contribution in [0.5, 0.6) is 11.5 Å². The molecule has 1 amide bonds. The van der Waals surface area contributed by atoms with E-state index >= 15 is 0 Å². The van der Waals surface area contributed by atoms with E-state index in [9.17, 15) is 30.4 Å². The molecule has 1 fully saturated rings. The van der Waals surface area contributed by atoms with Gasteiger partial charge in [0.05, 0.1) is 9.79 Å². The number of nitrogens with zero attached hydrogens (tertiary/aromatic N) is 3. The van der Waals surface area contributed by atoms with Crippen LogP contribution in [-0.4, -0.2) is 62.0 Å². The number of benzene rings is 3. The van der Waals surface area contributed by atoms with Crippen LogP contribution in [0.25, 0.3) is 10.8 Å². The lowest BCUT2D eigenvalue weighted by Gasteiger charge is -2.38. The van der Waals surface area contributed by atoms with Gasteiger partial charge in [0.1, 0.15) is 11.8 Å². The number of ether oxygens (including phenoxy) is 1. The first-order valence-electron chi connectivity index (χ1n) is 12.0. The summed E-state index contributed by atoms with van der Waals surface area (Å²) in [5, 5.41) is 1.32. The Morgan fingerprint density at radius 2 is 1.66 bits per heavy atom. The van der Waals surface area contributed by atoms with Gasteiger partial charge in [0.15, 0.2) is 17.4 Å². The molecule has 0 saturated carbocycles. The second kappa shape index (κ2) is 10.9. The molecule has 0 radical (unpaired) electrons. The minimum atomic E-state index is -4.71. The predicted molar refractivity (Wildman–Crippen MR) is 145 cm³/mol. The average molecular weight is 623 g/mol. The van der Waals surface area contributed by atoms with Crippen molar-refractivity contribution >= 4 is 48.3 Å². The maximum Gasteiger partial charge on any atom is 0.244 e. The summed E-state index contributed by atoms with van der Waals surface area (Å²) in [5.74, 6) is -4.57. The summed E-state index contributed by atoms with van der Waals surface area (Å²) in [6.07, 6.45) is 2.93. The van der Waals surface area contributed by atoms with Crippen molar-refractivity contribution < 1.29 is 35.1 Å². The molecule has 4 aromatic rings. The van der Waals surface area contributed by atoms with Crippen molar-refractivity contribution in [2.45, 2.75) is 15.8 Å². The van der Waals surface area contributed by atoms with E-state index in [1.807, 2.05) is 0 Å². The van der Waals surface area contributed by atoms with Crippen LogP contribution >= 0.6 is 11.6 Å². The minimum Gasteiger partial charge on any atom is -0.451 e. The number of halogens is 3. The number of pyridine rings is 1. The first-order chi connectivity index (χ1) is 19.4. The van der Waals surface area contributed by atoms with Gasteiger partial charge in [-0.1, -0.05) is 23.7 Å². The van der Waals surface area contributed by atoms with E-state index in [0.29, 0.717) is 32.2 Å². The first kappa shape index (κ1) is 28.8. The molecule has 5 rings (SSSR count). The Hall–Kier alpha value is -3.69. The van der Waals surface area contributed by atoms with Crippen molar-refractivity contribution in [2.24, 2.45) is 5.73 Å². The van der Waals surface area contributed by atoms with Crippen molar-refractivity contribution in [1.29, 1.82) is 0 Å². The lowest BCUT2D eigenvalue weighted by Crippen LogP contribution is -2.60. The summed E-state index contributed by atoms with van der Waals surface area (Å²) < 4.78 is 90.7. The molecule has 15 heteroatoms. The lowest BCUT2D eigenvalue weighted by atomic mass is 10.2. The topological polar surface area (TPSA) is 140 Å². The van der Waals surface area contributed by atoms with E-state index in [4.69, 9.17) is 22.1 Å². The molecule has 0 spiro atoms. The van der Waals surface area contributed by atoms with Gasteiger partial charge < -0.3 is 10.5 Å². The summed E-state index contributed by atoms with van der Waals surface area (Å²) in [7, 11) is -8.92. The molecule has 0 aliphatic carbocycles. The second-order valence-electron chi connectivity index (χ2n) is 9.02. The number of primary amides is 1. The van der Waals surface area contributed by atoms with Crippen molar-refractivity contribution in [3.63, 3.8) is 0 Å². The molecule has 2 N–H and O–H groups in total. The summed E-state index contributed by atoms with van der Waals surface area (Å²) in [6.45, 7) is -1.47. The number of fused-ring (bicyclic) bond motifs is 1. The van der Waals surface area contributed by atoms with Crippen molar-refractivity contribution in [1.82, 2.24) is 13.6 Å². The Bertz CT molecular complexity index is 1850. The number of amides is 1. The third-order valence-corrected chi connectivity index (χ3v) is 10.6. The van der Waals surface area contributed by atoms with Crippen LogP contribution < -0.4 is 10.5 Å². The largest absolute Gasteiger partial charge is 0.451 e. The zero-order valence-corrected chi connectivity index (χ0v) is 23.3. The summed E-state index contributed by atoms with van der Waals surface area (Å²) in [5.41, 5.74) is 5.50. The molecular formula is C26H21ClF2N4O6S2. The Kier molecular flexibility index (Phi) is 7.70. The molecule has 1 atom stereocenters. The SMILES string of the molecule is NC(=O)[C@H]1CN(S(=O)(=O)c2cccc3cnccc23)CCN1S(=O)(=O)c1cc(F)c(Oc2ccc(Cl)cc2)c(F)c1. The molecule has 0 unspecified atom stereocenters. The van der Waals surface area contributed by atoms with Gasteiger partial charge in [0.25, 0.3) is 0 Å². The molecule has 41 heavy (non-hydrogen) atoms. The smallest absolute Gasteiger partial charge is 0.244 e. The highest BCUT2D eigenvalue weighted by atomic mass is 35.5. The number of carbonyl (C=O) groups is 1. The van der Waals surface area contributed by atoms with Gasteiger partial charge >= 0.3 is 0 Å². The number of sulfonamides is 2. The zero-order chi connectivity index (χ0) is 29.5. The van der Waals surface area contributed by atoms with E-state index in [-0.39, 0.29) is 17.2 Å². The van der Waals surface area contributed by atoms with Gasteiger partial charge in [-0.2, -0.15) is 8.61 Å². The highest BCUT2D eigenvalue weighted by Crippen LogP contribution is 2.33. The summed E-state index contributed by atoms with van der Waals surface area (Å²) in [6, 6.07) is 11.2. The Morgan fingerprint density at radius 1 is 0.976 bits per heavy atom. The minimum absolute atomic E-state index is 0.0522. The molecular weight excluding hydrogens is 602 g/mol. The number of hydrogen-bond acceptors (Lipinski definition) is 7. The molecule has 1 aromatic heterocycles. The molecule has 1 aliphatic heterocycles. The Balaban J connectivity index is 1.44. The van der Waals surface area contributed by atoms with Crippen LogP contribution in [0.4, 0.5) is 8.78 Å². The standard InChI is InChI=1S/C26H21ClF2N4O6S2/c27-17-4-6-18(7-5-17)39-25-21(28)12-19(13-22(25)29)40(35,36)33-11-10-32(15-23(33)26(30)34)41(37,38)24-3-1-2-16-14-31-9-8-20(16)24/h1-9,12-14,23H,10-11,15H2,(H2,30,34)/t23-/m1/s1. The molecule has 3 aromatic carbocycles. The second-order valence-corrected chi connectivity index (χ2v) is 13.3. The molecule has 214 valence electrons. The predicted octanol–water partition coefficient (Wildman–Crippen LogP) is 3.51. The number of carbonyl (C=O) groups excluding carboxylic acids is 1. The van der Waals surface area contributed by atoms with Gasteiger partial charge in [-0.15, -0.1) is 0 Å². The van der Waals surface area contributed by atoms with Crippen molar-refractivity contribution in [3.8, 4) is 11.5 Å². The van der Waals surface area contributed by atoms with Gasteiger partial charge in [-0.25, -0.2) is 25.6 Å². The highest BCUT2D eigenvalue weighted by Gasteiger charge is 2.43. The van der Waals surface area contributed by atoms with Crippen LogP contribution in [0, 0.1) is 11.6 Å². The third kappa shape index (κ3) is 5.48. The maximum atomic E-state index is 14.9. The third-order valence-electron chi connectivity index (χ3n) is 6.49. The average Bonchev–Trinajstić information content (AvgIpc) is 2.95. The van der Waals surface area contributed by atoms with Gasteiger partial charge in [-0.3, -0.25) is 9.78 Å². The fourth-order valence-corrected chi connectivity index (χ4v) is 7.86. The molecule has 10 nitrogen and oxygen atoms in total. The van der Waals surface area contributed by atoms with Gasteiger partial charge in [0, 0.05) is 47.8 Å². The number of aromatic nitrogens is 1. The number of piperazine rings is 1. The zero-order valence-electron chi connectivity index (χ0n) is 20.9. The Morgan fingerprint density at radius 3 is 2.32 bits per heavy atom.